The second-order valence-electron chi connectivity index (χ2n) is 5.87. The number of carbonyl (C=O) groups is 1. The molecule has 8 heteroatoms. The molecule has 0 unspecified atom stereocenters. The molecule has 2 aromatic rings. The smallest absolute Gasteiger partial charge is 0.358 e. The Labute approximate surface area is 150 Å². The summed E-state index contributed by atoms with van der Waals surface area (Å²) in [5.74, 6) is 0.407. The minimum Gasteiger partial charge on any atom is -0.466 e. The van der Waals surface area contributed by atoms with Gasteiger partial charge in [-0.1, -0.05) is 0 Å². The van der Waals surface area contributed by atoms with Gasteiger partial charge in [0.25, 0.3) is 0 Å². The highest BCUT2D eigenvalue weighted by molar-refractivity contribution is 5.99. The lowest BCUT2D eigenvalue weighted by molar-refractivity contribution is 0.0518. The zero-order valence-electron chi connectivity index (χ0n) is 14.5. The summed E-state index contributed by atoms with van der Waals surface area (Å²) >= 11 is 0. The lowest BCUT2D eigenvalue weighted by Gasteiger charge is -2.29. The van der Waals surface area contributed by atoms with Crippen molar-refractivity contribution in [3.8, 4) is 17.7 Å². The summed E-state index contributed by atoms with van der Waals surface area (Å²) in [6.07, 6.45) is 0. The van der Waals surface area contributed by atoms with E-state index in [1.807, 2.05) is 0 Å². The zero-order valence-corrected chi connectivity index (χ0v) is 14.5. The molecular weight excluding hydrogens is 336 g/mol. The third-order valence-corrected chi connectivity index (χ3v) is 3.40. The van der Waals surface area contributed by atoms with Crippen molar-refractivity contribution in [3.05, 3.63) is 47.2 Å². The molecule has 0 radical (unpaired) electrons. The van der Waals surface area contributed by atoms with Crippen LogP contribution in [-0.4, -0.2) is 34.4 Å². The summed E-state index contributed by atoms with van der Waals surface area (Å²) in [7, 11) is 0. The number of esters is 1. The molecule has 1 aromatic carbocycles. The third-order valence-electron chi connectivity index (χ3n) is 3.40. The molecule has 1 aromatic heterocycles. The maximum absolute atomic E-state index is 11.6. The van der Waals surface area contributed by atoms with Gasteiger partial charge in [-0.25, -0.2) is 9.79 Å². The van der Waals surface area contributed by atoms with Crippen LogP contribution in [0.15, 0.2) is 35.3 Å². The second kappa shape index (κ2) is 6.80. The number of rotatable bonds is 3. The van der Waals surface area contributed by atoms with Gasteiger partial charge in [0.15, 0.2) is 11.4 Å². The van der Waals surface area contributed by atoms with Gasteiger partial charge in [0.2, 0.25) is 11.8 Å². The summed E-state index contributed by atoms with van der Waals surface area (Å²) in [6, 6.07) is 10.0. The van der Waals surface area contributed by atoms with Crippen molar-refractivity contribution < 1.29 is 19.0 Å². The van der Waals surface area contributed by atoms with Gasteiger partial charge in [0.1, 0.15) is 5.75 Å². The first-order valence-electron chi connectivity index (χ1n) is 7.94. The first-order valence-corrected chi connectivity index (χ1v) is 7.94. The molecule has 0 atom stereocenters. The van der Waals surface area contributed by atoms with Crippen molar-refractivity contribution in [3.63, 3.8) is 0 Å². The number of fused-ring (bicyclic) bond motifs is 1. The molecule has 0 bridgehead atoms. The second-order valence-corrected chi connectivity index (χ2v) is 5.87. The molecule has 8 nitrogen and oxygen atoms in total. The van der Waals surface area contributed by atoms with Crippen molar-refractivity contribution in [2.24, 2.45) is 4.99 Å². The molecule has 2 heterocycles. The van der Waals surface area contributed by atoms with Gasteiger partial charge in [0.05, 0.1) is 23.8 Å². The first-order chi connectivity index (χ1) is 12.4. The molecule has 1 aliphatic rings. The average molecular weight is 352 g/mol. The van der Waals surface area contributed by atoms with Crippen LogP contribution in [0.2, 0.25) is 0 Å². The fraction of sp³-hybridized carbons (Fsp3) is 0.278. The molecule has 132 valence electrons. The van der Waals surface area contributed by atoms with Gasteiger partial charge in [-0.2, -0.15) is 5.26 Å². The van der Waals surface area contributed by atoms with E-state index in [-0.39, 0.29) is 24.1 Å². The Morgan fingerprint density at radius 2 is 2.08 bits per heavy atom. The third kappa shape index (κ3) is 3.62. The van der Waals surface area contributed by atoms with E-state index in [1.54, 1.807) is 39.0 Å². The molecule has 0 saturated carbocycles. The Morgan fingerprint density at radius 1 is 1.27 bits per heavy atom. The highest BCUT2D eigenvalue weighted by Gasteiger charge is 2.30. The van der Waals surface area contributed by atoms with E-state index in [1.165, 1.54) is 12.1 Å². The predicted octanol–water partition coefficient (Wildman–Crippen LogP) is 2.48. The SMILES string of the molecule is CCOC(=O)c1ccc(OC2=NC(C)(C)Oc3ccc(C#N)cc32)nn1. The van der Waals surface area contributed by atoms with Crippen LogP contribution in [0.4, 0.5) is 0 Å². The van der Waals surface area contributed by atoms with E-state index in [0.29, 0.717) is 16.9 Å². The Morgan fingerprint density at radius 3 is 2.73 bits per heavy atom. The Kier molecular flexibility index (Phi) is 4.54. The number of hydrogen-bond donors (Lipinski definition) is 0. The molecule has 0 N–H and O–H groups in total. The highest BCUT2D eigenvalue weighted by atomic mass is 16.5. The summed E-state index contributed by atoms with van der Waals surface area (Å²) in [4.78, 5) is 16.0. The van der Waals surface area contributed by atoms with Crippen molar-refractivity contribution in [2.75, 3.05) is 6.61 Å². The number of aliphatic imine (C=N–C) groups is 1. The minimum absolute atomic E-state index is 0.0839. The minimum atomic E-state index is -0.838. The quantitative estimate of drug-likeness (QED) is 0.781. The van der Waals surface area contributed by atoms with E-state index >= 15 is 0 Å². The van der Waals surface area contributed by atoms with Gasteiger partial charge in [-0.15, -0.1) is 10.2 Å². The monoisotopic (exact) mass is 352 g/mol. The molecule has 3 rings (SSSR count). The van der Waals surface area contributed by atoms with Crippen molar-refractivity contribution in [2.45, 2.75) is 26.5 Å². The van der Waals surface area contributed by atoms with Crippen LogP contribution in [0.1, 0.15) is 42.4 Å². The Hall–Kier alpha value is -3.47. The van der Waals surface area contributed by atoms with E-state index in [4.69, 9.17) is 19.5 Å². The lowest BCUT2D eigenvalue weighted by atomic mass is 10.1. The topological polar surface area (TPSA) is 107 Å². The standard InChI is InChI=1S/C18H16N4O4/c1-4-24-17(23)13-6-8-15(22-21-13)25-16-12-9-11(10-19)5-7-14(12)26-18(2,3)20-16/h5-9H,4H2,1-3H3. The van der Waals surface area contributed by atoms with Crippen LogP contribution in [0, 0.1) is 11.3 Å². The molecule has 0 saturated heterocycles. The molecule has 0 fully saturated rings. The van der Waals surface area contributed by atoms with Crippen molar-refractivity contribution in [1.29, 1.82) is 5.26 Å². The summed E-state index contributed by atoms with van der Waals surface area (Å²) in [5.41, 5.74) is 0.238. The predicted molar refractivity (Wildman–Crippen MR) is 91.0 cm³/mol. The Balaban J connectivity index is 1.90. The molecule has 0 aliphatic carbocycles. The summed E-state index contributed by atoms with van der Waals surface area (Å²) in [6.45, 7) is 5.53. The number of aromatic nitrogens is 2. The number of ether oxygens (including phenoxy) is 3. The number of benzene rings is 1. The number of nitriles is 1. The van der Waals surface area contributed by atoms with E-state index in [9.17, 15) is 4.79 Å². The number of nitrogens with zero attached hydrogens (tertiary/aromatic N) is 4. The largest absolute Gasteiger partial charge is 0.466 e. The Bertz CT molecular complexity index is 914. The highest BCUT2D eigenvalue weighted by Crippen LogP contribution is 2.31. The maximum atomic E-state index is 11.6. The van der Waals surface area contributed by atoms with Gasteiger partial charge in [0, 0.05) is 6.07 Å². The lowest BCUT2D eigenvalue weighted by Crippen LogP contribution is -2.34. The fourth-order valence-corrected chi connectivity index (χ4v) is 2.32. The van der Waals surface area contributed by atoms with Gasteiger partial charge >= 0.3 is 5.97 Å². The van der Waals surface area contributed by atoms with Crippen LogP contribution >= 0.6 is 0 Å². The van der Waals surface area contributed by atoms with E-state index < -0.39 is 11.7 Å². The average Bonchev–Trinajstić information content (AvgIpc) is 2.61. The van der Waals surface area contributed by atoms with Crippen LogP contribution in [0.3, 0.4) is 0 Å². The van der Waals surface area contributed by atoms with Crippen LogP contribution in [-0.2, 0) is 4.74 Å². The summed E-state index contributed by atoms with van der Waals surface area (Å²) < 4.78 is 16.4. The van der Waals surface area contributed by atoms with Gasteiger partial charge in [-0.05, 0) is 45.0 Å². The van der Waals surface area contributed by atoms with Crippen molar-refractivity contribution >= 4 is 11.9 Å². The van der Waals surface area contributed by atoms with E-state index in [2.05, 4.69) is 21.3 Å². The van der Waals surface area contributed by atoms with Crippen LogP contribution < -0.4 is 9.47 Å². The molecule has 26 heavy (non-hydrogen) atoms. The van der Waals surface area contributed by atoms with Crippen LogP contribution in [0.5, 0.6) is 11.6 Å². The van der Waals surface area contributed by atoms with Gasteiger partial charge < -0.3 is 14.2 Å². The molecule has 0 amide bonds. The van der Waals surface area contributed by atoms with Crippen LogP contribution in [0.25, 0.3) is 0 Å². The maximum Gasteiger partial charge on any atom is 0.358 e. The number of carbonyl (C=O) groups excluding carboxylic acids is 1. The first kappa shape index (κ1) is 17.4. The zero-order chi connectivity index (χ0) is 18.7. The van der Waals surface area contributed by atoms with Gasteiger partial charge in [-0.3, -0.25) is 0 Å². The molecular formula is C18H16N4O4. The summed E-state index contributed by atoms with van der Waals surface area (Å²) in [5, 5.41) is 16.8. The number of hydrogen-bond acceptors (Lipinski definition) is 8. The van der Waals surface area contributed by atoms with E-state index in [0.717, 1.165) is 0 Å². The fourth-order valence-electron chi connectivity index (χ4n) is 2.32. The normalized spacial score (nSPS) is 14.3. The molecule has 1 aliphatic heterocycles. The van der Waals surface area contributed by atoms with Crippen molar-refractivity contribution in [1.82, 2.24) is 10.2 Å². The molecule has 0 spiro atoms.